The number of aliphatic hydroxyl groups excluding tert-OH is 1. The minimum Gasteiger partial charge on any atom is -0.478 e. The van der Waals surface area contributed by atoms with Crippen LogP contribution in [0.5, 0.6) is 0 Å². The SMILES string of the molecule is C=C(C)C(=O)O.C=CC=C.C=CN.CCC(O)CNC(C)(C)Cc1c[nH]c(COC)c1C.CCCc1ccccc1-c1ccon1. The molecule has 3 aromatic rings. The van der Waals surface area contributed by atoms with E-state index in [0.29, 0.717) is 13.2 Å². The van der Waals surface area contributed by atoms with Crippen molar-refractivity contribution < 1.29 is 24.3 Å². The van der Waals surface area contributed by atoms with Gasteiger partial charge in [-0.3, -0.25) is 0 Å². The Morgan fingerprint density at radius 2 is 1.76 bits per heavy atom. The van der Waals surface area contributed by atoms with Crippen molar-refractivity contribution >= 4 is 5.97 Å². The number of carbonyl (C=O) groups is 1. The van der Waals surface area contributed by atoms with E-state index in [2.05, 4.69) is 99.6 Å². The number of aliphatic carboxylic acids is 1. The summed E-state index contributed by atoms with van der Waals surface area (Å²) in [5, 5.41) is 24.9. The molecule has 0 amide bonds. The molecule has 0 aliphatic heterocycles. The van der Waals surface area contributed by atoms with Gasteiger partial charge in [-0.1, -0.05) is 88.2 Å². The number of β-amino-alcohol motifs (C(OH)–C–C–N with tert-alkyl or cyclic N) is 1. The fourth-order valence-corrected chi connectivity index (χ4v) is 3.75. The molecular formula is C37H58N4O5. The highest BCUT2D eigenvalue weighted by Crippen LogP contribution is 2.23. The third-order valence-electron chi connectivity index (χ3n) is 6.35. The van der Waals surface area contributed by atoms with E-state index in [1.54, 1.807) is 25.5 Å². The molecule has 0 fully saturated rings. The zero-order chi connectivity index (χ0) is 35.5. The lowest BCUT2D eigenvalue weighted by atomic mass is 9.94. The zero-order valence-electron chi connectivity index (χ0n) is 29.1. The highest BCUT2D eigenvalue weighted by molar-refractivity contribution is 5.84. The average Bonchev–Trinajstić information content (AvgIpc) is 3.68. The maximum absolute atomic E-state index is 9.63. The molecule has 1 aromatic carbocycles. The van der Waals surface area contributed by atoms with Gasteiger partial charge in [-0.15, -0.1) is 0 Å². The molecule has 0 radical (unpaired) electrons. The molecule has 0 spiro atoms. The van der Waals surface area contributed by atoms with Gasteiger partial charge >= 0.3 is 5.97 Å². The number of aromatic nitrogens is 2. The summed E-state index contributed by atoms with van der Waals surface area (Å²) in [6.45, 7) is 26.3. The van der Waals surface area contributed by atoms with Crippen LogP contribution in [0.1, 0.15) is 69.8 Å². The quantitative estimate of drug-likeness (QED) is 0.0953. The number of nitrogens with one attached hydrogen (secondary N) is 2. The number of hydrogen-bond donors (Lipinski definition) is 5. The second-order valence-corrected chi connectivity index (χ2v) is 10.9. The van der Waals surface area contributed by atoms with Crippen molar-refractivity contribution in [3.63, 3.8) is 0 Å². The molecule has 256 valence electrons. The van der Waals surface area contributed by atoms with E-state index in [-0.39, 0.29) is 17.2 Å². The third kappa shape index (κ3) is 20.0. The number of aliphatic hydroxyl groups is 1. The first-order valence-electron chi connectivity index (χ1n) is 15.3. The minimum atomic E-state index is -0.935. The summed E-state index contributed by atoms with van der Waals surface area (Å²) in [7, 11) is 1.71. The van der Waals surface area contributed by atoms with E-state index in [4.69, 9.17) is 14.4 Å². The number of rotatable bonds is 13. The predicted octanol–water partition coefficient (Wildman–Crippen LogP) is 7.54. The lowest BCUT2D eigenvalue weighted by Gasteiger charge is -2.27. The van der Waals surface area contributed by atoms with Gasteiger partial charge in [-0.25, -0.2) is 4.79 Å². The fourth-order valence-electron chi connectivity index (χ4n) is 3.75. The number of methoxy groups -OCH3 is 1. The number of hydrogen-bond acceptors (Lipinski definition) is 7. The van der Waals surface area contributed by atoms with E-state index >= 15 is 0 Å². The topological polar surface area (TPSA) is 147 Å². The molecule has 0 bridgehead atoms. The van der Waals surface area contributed by atoms with Crippen molar-refractivity contribution in [1.82, 2.24) is 15.5 Å². The van der Waals surface area contributed by atoms with Crippen molar-refractivity contribution in [3.05, 3.63) is 115 Å². The molecule has 3 rings (SSSR count). The summed E-state index contributed by atoms with van der Waals surface area (Å²) >= 11 is 0. The molecule has 2 heterocycles. The van der Waals surface area contributed by atoms with Crippen LogP contribution >= 0.6 is 0 Å². The zero-order valence-corrected chi connectivity index (χ0v) is 29.1. The summed E-state index contributed by atoms with van der Waals surface area (Å²) in [5.74, 6) is -0.935. The fraction of sp³-hybridized carbons (Fsp3) is 0.405. The van der Waals surface area contributed by atoms with Gasteiger partial charge in [0.25, 0.3) is 0 Å². The van der Waals surface area contributed by atoms with Gasteiger partial charge in [0.1, 0.15) is 12.0 Å². The number of ether oxygens (including phenoxy) is 1. The standard InChI is InChI=1S/C15H28N2O2.C12H13NO.C4H6O2.C4H6.C2H5N/c1-6-13(18)9-17-15(3,4)7-12-8-16-14(10-19-5)11(12)2;1-2-5-10-6-3-4-7-11(10)12-8-9-14-13-12;1-3(2)4(5)6;1-3-4-2;1-2-3/h8,13,16-18H,6-7,9-10H2,1-5H3;3-4,6-9H,2,5H2,1H3;1H2,2H3,(H,5,6);3-4H,1-2H2;2H,1,3H2. The van der Waals surface area contributed by atoms with Gasteiger partial charge in [0.05, 0.1) is 12.7 Å². The van der Waals surface area contributed by atoms with Gasteiger partial charge in [-0.2, -0.15) is 0 Å². The number of aromatic amines is 1. The normalized spacial score (nSPS) is 10.5. The number of allylic oxidation sites excluding steroid dienone is 2. The van der Waals surface area contributed by atoms with E-state index in [1.165, 1.54) is 35.4 Å². The Labute approximate surface area is 276 Å². The molecule has 0 saturated carbocycles. The van der Waals surface area contributed by atoms with Gasteiger partial charge in [0, 0.05) is 48.3 Å². The van der Waals surface area contributed by atoms with Crippen LogP contribution in [-0.2, 0) is 29.0 Å². The van der Waals surface area contributed by atoms with Crippen LogP contribution in [0, 0.1) is 6.92 Å². The number of H-pyrrole nitrogens is 1. The van der Waals surface area contributed by atoms with Crippen molar-refractivity contribution in [2.75, 3.05) is 13.7 Å². The van der Waals surface area contributed by atoms with Crippen LogP contribution in [0.3, 0.4) is 0 Å². The molecule has 0 aliphatic rings. The molecule has 1 atom stereocenters. The van der Waals surface area contributed by atoms with Crippen LogP contribution in [-0.4, -0.2) is 51.6 Å². The first-order chi connectivity index (χ1) is 21.8. The number of carboxylic acid groups (broad SMARTS) is 1. The van der Waals surface area contributed by atoms with Crippen LogP contribution < -0.4 is 11.1 Å². The first kappa shape index (κ1) is 43.9. The van der Waals surface area contributed by atoms with Gasteiger partial charge < -0.3 is 35.5 Å². The summed E-state index contributed by atoms with van der Waals surface area (Å²) in [6, 6.07) is 10.2. The molecule has 46 heavy (non-hydrogen) atoms. The third-order valence-corrected chi connectivity index (χ3v) is 6.35. The first-order valence-corrected chi connectivity index (χ1v) is 15.3. The summed E-state index contributed by atoms with van der Waals surface area (Å²) < 4.78 is 10.0. The summed E-state index contributed by atoms with van der Waals surface area (Å²) in [5.41, 5.74) is 11.9. The lowest BCUT2D eigenvalue weighted by Crippen LogP contribution is -2.45. The molecule has 0 aliphatic carbocycles. The number of carboxylic acids is 1. The number of benzene rings is 1. The summed E-state index contributed by atoms with van der Waals surface area (Å²) in [4.78, 5) is 12.9. The Morgan fingerprint density at radius 3 is 2.22 bits per heavy atom. The van der Waals surface area contributed by atoms with Crippen LogP contribution in [0.2, 0.25) is 0 Å². The molecular weight excluding hydrogens is 580 g/mol. The Kier molecular flexibility index (Phi) is 24.9. The molecule has 9 heteroatoms. The number of aryl methyl sites for hydroxylation is 1. The summed E-state index contributed by atoms with van der Waals surface area (Å²) in [6.07, 6.45) is 11.9. The average molecular weight is 639 g/mol. The highest BCUT2D eigenvalue weighted by Gasteiger charge is 2.21. The van der Waals surface area contributed by atoms with E-state index in [1.807, 2.05) is 19.1 Å². The maximum atomic E-state index is 9.63. The lowest BCUT2D eigenvalue weighted by molar-refractivity contribution is -0.132. The maximum Gasteiger partial charge on any atom is 0.330 e. The van der Waals surface area contributed by atoms with Crippen molar-refractivity contribution in [1.29, 1.82) is 0 Å². The van der Waals surface area contributed by atoms with Crippen LogP contribution in [0.4, 0.5) is 0 Å². The number of nitrogens with zero attached hydrogens (tertiary/aromatic N) is 1. The predicted molar refractivity (Wildman–Crippen MR) is 191 cm³/mol. The number of nitrogens with two attached hydrogens (primary N) is 1. The molecule has 0 saturated heterocycles. The van der Waals surface area contributed by atoms with Crippen molar-refractivity contribution in [2.24, 2.45) is 5.73 Å². The Balaban J connectivity index is 0. The van der Waals surface area contributed by atoms with Crippen molar-refractivity contribution in [3.8, 4) is 11.3 Å². The highest BCUT2D eigenvalue weighted by atomic mass is 16.5. The molecule has 6 N–H and O–H groups in total. The largest absolute Gasteiger partial charge is 0.478 e. The van der Waals surface area contributed by atoms with Gasteiger partial charge in [0.2, 0.25) is 0 Å². The Morgan fingerprint density at radius 1 is 1.17 bits per heavy atom. The molecule has 2 aromatic heterocycles. The van der Waals surface area contributed by atoms with E-state index in [9.17, 15) is 9.90 Å². The molecule has 9 nitrogen and oxygen atoms in total. The molecule has 1 unspecified atom stereocenters. The Bertz CT molecular complexity index is 1240. The van der Waals surface area contributed by atoms with Crippen molar-refractivity contribution in [2.45, 2.75) is 85.5 Å². The van der Waals surface area contributed by atoms with E-state index < -0.39 is 5.97 Å². The monoisotopic (exact) mass is 638 g/mol. The van der Waals surface area contributed by atoms with Gasteiger partial charge in [-0.05, 0) is 69.8 Å². The van der Waals surface area contributed by atoms with E-state index in [0.717, 1.165) is 37.1 Å². The minimum absolute atomic E-state index is 0.0343. The second-order valence-electron chi connectivity index (χ2n) is 10.9. The van der Waals surface area contributed by atoms with Gasteiger partial charge in [0.15, 0.2) is 0 Å². The smallest absolute Gasteiger partial charge is 0.330 e. The Hall–Kier alpha value is -4.18. The second kappa shape index (κ2) is 26.1. The van der Waals surface area contributed by atoms with Crippen LogP contribution in [0.25, 0.3) is 11.3 Å². The van der Waals surface area contributed by atoms with Crippen LogP contribution in [0.15, 0.2) is 97.6 Å².